The summed E-state index contributed by atoms with van der Waals surface area (Å²) in [6.45, 7) is 4.11. The fraction of sp³-hybridized carbons (Fsp3) is 0.100. The van der Waals surface area contributed by atoms with Crippen LogP contribution in [0.4, 0.5) is 0 Å². The molecule has 0 atom stereocenters. The minimum absolute atomic E-state index is 0.0969. The smallest absolute Gasteiger partial charge is 0.262 e. The van der Waals surface area contributed by atoms with E-state index in [-0.39, 0.29) is 5.56 Å². The number of benzene rings is 2. The zero-order valence-electron chi connectivity index (χ0n) is 14.7. The van der Waals surface area contributed by atoms with Gasteiger partial charge in [0, 0.05) is 17.1 Å². The monoisotopic (exact) mass is 410 g/mol. The molecular weight excluding hydrogens is 396 g/mol. The maximum atomic E-state index is 12.8. The molecular formula is C20H15ClN4O2S. The van der Waals surface area contributed by atoms with E-state index in [1.807, 2.05) is 30.3 Å². The number of hydrogen-bond donors (Lipinski definition) is 0. The Hall–Kier alpha value is -2.90. The van der Waals surface area contributed by atoms with Gasteiger partial charge in [-0.25, -0.2) is 4.98 Å². The van der Waals surface area contributed by atoms with Crippen LogP contribution in [-0.2, 0) is 12.3 Å². The average Bonchev–Trinajstić information content (AvgIpc) is 3.18. The first kappa shape index (κ1) is 18.5. The highest BCUT2D eigenvalue weighted by Crippen LogP contribution is 2.25. The van der Waals surface area contributed by atoms with E-state index in [4.69, 9.17) is 16.0 Å². The Labute approximate surface area is 169 Å². The summed E-state index contributed by atoms with van der Waals surface area (Å²) in [7, 11) is 0. The van der Waals surface area contributed by atoms with Crippen molar-refractivity contribution in [3.05, 3.63) is 82.5 Å². The zero-order chi connectivity index (χ0) is 19.5. The van der Waals surface area contributed by atoms with Crippen molar-refractivity contribution in [2.45, 2.75) is 17.5 Å². The van der Waals surface area contributed by atoms with Crippen LogP contribution in [0.5, 0.6) is 0 Å². The van der Waals surface area contributed by atoms with Gasteiger partial charge in [0.25, 0.3) is 5.56 Å². The van der Waals surface area contributed by atoms with E-state index in [0.29, 0.717) is 45.2 Å². The Morgan fingerprint density at radius 2 is 1.93 bits per heavy atom. The second-order valence-corrected chi connectivity index (χ2v) is 7.29. The minimum atomic E-state index is -0.0969. The molecule has 8 heteroatoms. The molecule has 28 heavy (non-hydrogen) atoms. The molecule has 0 radical (unpaired) electrons. The molecule has 0 aliphatic carbocycles. The number of fused-ring (bicyclic) bond motifs is 1. The van der Waals surface area contributed by atoms with Crippen molar-refractivity contribution in [2.75, 3.05) is 0 Å². The molecule has 140 valence electrons. The van der Waals surface area contributed by atoms with Gasteiger partial charge in [-0.15, -0.1) is 16.8 Å². The van der Waals surface area contributed by atoms with Gasteiger partial charge in [0.2, 0.25) is 11.8 Å². The fourth-order valence-corrected chi connectivity index (χ4v) is 3.67. The van der Waals surface area contributed by atoms with E-state index >= 15 is 0 Å². The molecule has 0 spiro atoms. The van der Waals surface area contributed by atoms with Gasteiger partial charge in [0.15, 0.2) is 5.16 Å². The maximum absolute atomic E-state index is 12.8. The van der Waals surface area contributed by atoms with Gasteiger partial charge >= 0.3 is 0 Å². The molecule has 0 saturated carbocycles. The maximum Gasteiger partial charge on any atom is 0.262 e. The first-order valence-electron chi connectivity index (χ1n) is 8.47. The van der Waals surface area contributed by atoms with E-state index in [1.165, 1.54) is 11.8 Å². The Kier molecular flexibility index (Phi) is 5.27. The van der Waals surface area contributed by atoms with Crippen molar-refractivity contribution in [1.29, 1.82) is 0 Å². The summed E-state index contributed by atoms with van der Waals surface area (Å²) >= 11 is 7.27. The summed E-state index contributed by atoms with van der Waals surface area (Å²) in [5.74, 6) is 1.26. The molecule has 2 aromatic heterocycles. The van der Waals surface area contributed by atoms with Gasteiger partial charge in [0.05, 0.1) is 16.7 Å². The lowest BCUT2D eigenvalue weighted by Crippen LogP contribution is -2.22. The van der Waals surface area contributed by atoms with E-state index in [2.05, 4.69) is 21.8 Å². The zero-order valence-corrected chi connectivity index (χ0v) is 16.3. The van der Waals surface area contributed by atoms with E-state index in [9.17, 15) is 4.79 Å². The first-order chi connectivity index (χ1) is 13.7. The van der Waals surface area contributed by atoms with Crippen LogP contribution in [0.15, 0.2) is 75.6 Å². The quantitative estimate of drug-likeness (QED) is 0.263. The Morgan fingerprint density at radius 3 is 2.71 bits per heavy atom. The van der Waals surface area contributed by atoms with Crippen molar-refractivity contribution in [2.24, 2.45) is 0 Å². The van der Waals surface area contributed by atoms with Gasteiger partial charge in [-0.05, 0) is 36.4 Å². The number of halogens is 1. The van der Waals surface area contributed by atoms with Gasteiger partial charge < -0.3 is 4.42 Å². The third-order valence-electron chi connectivity index (χ3n) is 4.02. The number of aromatic nitrogens is 4. The Balaban J connectivity index is 1.60. The topological polar surface area (TPSA) is 73.8 Å². The summed E-state index contributed by atoms with van der Waals surface area (Å²) < 4.78 is 7.32. The third-order valence-corrected chi connectivity index (χ3v) is 5.23. The molecule has 0 N–H and O–H groups in total. The van der Waals surface area contributed by atoms with Crippen LogP contribution in [0.2, 0.25) is 5.02 Å². The lowest BCUT2D eigenvalue weighted by atomic mass is 10.2. The predicted octanol–water partition coefficient (Wildman–Crippen LogP) is 4.58. The molecule has 4 aromatic rings. The fourth-order valence-electron chi connectivity index (χ4n) is 2.70. The summed E-state index contributed by atoms with van der Waals surface area (Å²) in [4.78, 5) is 17.4. The van der Waals surface area contributed by atoms with Crippen molar-refractivity contribution < 1.29 is 4.42 Å². The predicted molar refractivity (Wildman–Crippen MR) is 111 cm³/mol. The Bertz CT molecular complexity index is 1200. The molecule has 4 rings (SSSR count). The summed E-state index contributed by atoms with van der Waals surface area (Å²) in [5.41, 5.74) is 1.35. The number of hydrogen-bond acceptors (Lipinski definition) is 6. The number of allylic oxidation sites excluding steroid dienone is 1. The minimum Gasteiger partial charge on any atom is -0.420 e. The largest absolute Gasteiger partial charge is 0.420 e. The van der Waals surface area contributed by atoms with Crippen LogP contribution in [-0.4, -0.2) is 19.7 Å². The van der Waals surface area contributed by atoms with Crippen LogP contribution in [0.25, 0.3) is 22.4 Å². The Morgan fingerprint density at radius 1 is 1.14 bits per heavy atom. The molecule has 0 amide bonds. The number of thioether (sulfide) groups is 1. The number of para-hydroxylation sites is 1. The molecule has 0 fully saturated rings. The lowest BCUT2D eigenvalue weighted by molar-refractivity contribution is 0.528. The molecule has 0 aliphatic heterocycles. The van der Waals surface area contributed by atoms with Crippen LogP contribution < -0.4 is 5.56 Å². The standard InChI is InChI=1S/C20H15ClN4O2S/c1-2-11-25-19(26)15-5-3-4-6-16(15)22-20(25)28-12-17-23-24-18(27-17)13-7-9-14(21)10-8-13/h2-10H,1,11-12H2. The normalized spacial score (nSPS) is 11.0. The molecule has 0 saturated heterocycles. The van der Waals surface area contributed by atoms with E-state index in [0.717, 1.165) is 5.56 Å². The highest BCUT2D eigenvalue weighted by molar-refractivity contribution is 7.98. The van der Waals surface area contributed by atoms with Crippen molar-refractivity contribution >= 4 is 34.3 Å². The number of nitrogens with zero attached hydrogens (tertiary/aromatic N) is 4. The molecule has 2 aromatic carbocycles. The van der Waals surface area contributed by atoms with Crippen molar-refractivity contribution in [3.63, 3.8) is 0 Å². The highest BCUT2D eigenvalue weighted by atomic mass is 35.5. The van der Waals surface area contributed by atoms with Crippen LogP contribution in [0, 0.1) is 0 Å². The highest BCUT2D eigenvalue weighted by Gasteiger charge is 2.13. The lowest BCUT2D eigenvalue weighted by Gasteiger charge is -2.10. The molecule has 0 unspecified atom stereocenters. The second-order valence-electron chi connectivity index (χ2n) is 5.91. The van der Waals surface area contributed by atoms with Crippen LogP contribution in [0.1, 0.15) is 5.89 Å². The SMILES string of the molecule is C=CCn1c(SCc2nnc(-c3ccc(Cl)cc3)o2)nc2ccccc2c1=O. The van der Waals surface area contributed by atoms with Crippen molar-refractivity contribution in [3.8, 4) is 11.5 Å². The van der Waals surface area contributed by atoms with Gasteiger partial charge in [0.1, 0.15) is 0 Å². The first-order valence-corrected chi connectivity index (χ1v) is 9.83. The van der Waals surface area contributed by atoms with E-state index < -0.39 is 0 Å². The van der Waals surface area contributed by atoms with Gasteiger partial charge in [-0.1, -0.05) is 41.6 Å². The van der Waals surface area contributed by atoms with Crippen LogP contribution in [0.3, 0.4) is 0 Å². The van der Waals surface area contributed by atoms with Crippen molar-refractivity contribution in [1.82, 2.24) is 19.7 Å². The number of rotatable bonds is 6. The average molecular weight is 411 g/mol. The summed E-state index contributed by atoms with van der Waals surface area (Å²) in [6, 6.07) is 14.5. The van der Waals surface area contributed by atoms with E-state index in [1.54, 1.807) is 28.8 Å². The van der Waals surface area contributed by atoms with Gasteiger partial charge in [-0.2, -0.15) is 0 Å². The van der Waals surface area contributed by atoms with Gasteiger partial charge in [-0.3, -0.25) is 9.36 Å². The summed E-state index contributed by atoms with van der Waals surface area (Å²) in [5, 5.41) is 9.96. The molecule has 0 aliphatic rings. The third kappa shape index (κ3) is 3.72. The molecule has 0 bridgehead atoms. The molecule has 2 heterocycles. The van der Waals surface area contributed by atoms with Crippen LogP contribution >= 0.6 is 23.4 Å². The second kappa shape index (κ2) is 8.00. The molecule has 6 nitrogen and oxygen atoms in total. The summed E-state index contributed by atoms with van der Waals surface area (Å²) in [6.07, 6.45) is 1.67.